The quantitative estimate of drug-likeness (QED) is 0.688. The Morgan fingerprint density at radius 3 is 2.45 bits per heavy atom. The predicted molar refractivity (Wildman–Crippen MR) is 72.4 cm³/mol. The molecule has 2 saturated heterocycles. The molecule has 0 radical (unpaired) electrons. The van der Waals surface area contributed by atoms with E-state index in [0.717, 1.165) is 6.54 Å². The number of β-amino-alcohol motifs (C(OH)–C–C–N with tert-alkyl or cyclic N) is 1. The van der Waals surface area contributed by atoms with Crippen LogP contribution in [0.4, 0.5) is 4.79 Å². The molecule has 0 aromatic rings. The fourth-order valence-electron chi connectivity index (χ4n) is 2.84. The van der Waals surface area contributed by atoms with Crippen molar-refractivity contribution < 1.29 is 19.8 Å². The second-order valence-electron chi connectivity index (χ2n) is 6.33. The van der Waals surface area contributed by atoms with E-state index >= 15 is 0 Å². The van der Waals surface area contributed by atoms with Gasteiger partial charge in [-0.25, -0.2) is 9.59 Å². The number of nitrogens with zero attached hydrogens (tertiary/aromatic N) is 3. The predicted octanol–water partition coefficient (Wildman–Crippen LogP) is -0.348. The number of aliphatic hydroxyl groups excluding tert-OH is 1. The van der Waals surface area contributed by atoms with Gasteiger partial charge in [0.2, 0.25) is 0 Å². The number of piperazine rings is 1. The van der Waals surface area contributed by atoms with Crippen molar-refractivity contribution in [3.63, 3.8) is 0 Å². The van der Waals surface area contributed by atoms with Gasteiger partial charge in [0.15, 0.2) is 0 Å². The number of aliphatic hydroxyl groups is 1. The monoisotopic (exact) mass is 285 g/mol. The lowest BCUT2D eigenvalue weighted by Gasteiger charge is -2.46. The highest BCUT2D eigenvalue weighted by Crippen LogP contribution is 2.24. The summed E-state index contributed by atoms with van der Waals surface area (Å²) >= 11 is 0. The normalized spacial score (nSPS) is 30.6. The lowest BCUT2D eigenvalue weighted by atomic mass is 10.00. The minimum Gasteiger partial charge on any atom is -0.480 e. The Morgan fingerprint density at radius 2 is 1.90 bits per heavy atom. The van der Waals surface area contributed by atoms with Crippen LogP contribution in [-0.2, 0) is 4.79 Å². The fourth-order valence-corrected chi connectivity index (χ4v) is 2.84. The highest BCUT2D eigenvalue weighted by Gasteiger charge is 2.42. The summed E-state index contributed by atoms with van der Waals surface area (Å²) in [5.41, 5.74) is -0.134. The summed E-state index contributed by atoms with van der Waals surface area (Å²) < 4.78 is 0. The molecule has 0 aromatic heterocycles. The van der Waals surface area contributed by atoms with E-state index in [-0.39, 0.29) is 24.5 Å². The zero-order valence-electron chi connectivity index (χ0n) is 12.2. The minimum absolute atomic E-state index is 0.0998. The molecule has 0 aromatic carbocycles. The molecular formula is C13H23N3O4. The van der Waals surface area contributed by atoms with Gasteiger partial charge in [-0.3, -0.25) is 4.90 Å². The zero-order valence-corrected chi connectivity index (χ0v) is 12.2. The Bertz CT molecular complexity index is 412. The lowest BCUT2D eigenvalue weighted by molar-refractivity contribution is -0.141. The lowest BCUT2D eigenvalue weighted by Crippen LogP contribution is -2.61. The Balaban J connectivity index is 2.09. The van der Waals surface area contributed by atoms with Gasteiger partial charge in [-0.2, -0.15) is 0 Å². The van der Waals surface area contributed by atoms with Gasteiger partial charge in [-0.1, -0.05) is 0 Å². The first-order valence-corrected chi connectivity index (χ1v) is 6.90. The van der Waals surface area contributed by atoms with E-state index in [1.165, 1.54) is 4.90 Å². The molecule has 2 aliphatic heterocycles. The molecule has 0 aliphatic carbocycles. The smallest absolute Gasteiger partial charge is 0.326 e. The number of urea groups is 1. The largest absolute Gasteiger partial charge is 0.480 e. The Morgan fingerprint density at radius 1 is 1.25 bits per heavy atom. The molecule has 7 heteroatoms. The molecular weight excluding hydrogens is 262 g/mol. The average Bonchev–Trinajstić information content (AvgIpc) is 2.74. The Kier molecular flexibility index (Phi) is 3.93. The standard InChI is InChI=1S/C13H23N3O4/c1-13(2)8-15(5-4-14(13)3)12(20)16-7-9(17)6-10(16)11(18)19/h9-10,17H,4-8H2,1-3H3,(H,18,19)/t9?,10-/m0/s1. The topological polar surface area (TPSA) is 84.3 Å². The van der Waals surface area contributed by atoms with E-state index in [9.17, 15) is 14.7 Å². The first-order chi connectivity index (χ1) is 9.22. The Labute approximate surface area is 118 Å². The summed E-state index contributed by atoms with van der Waals surface area (Å²) in [5.74, 6) is -1.05. The molecule has 114 valence electrons. The molecule has 2 rings (SSSR count). The molecule has 2 heterocycles. The molecule has 2 N–H and O–H groups in total. The van der Waals surface area contributed by atoms with Crippen molar-refractivity contribution in [1.29, 1.82) is 0 Å². The van der Waals surface area contributed by atoms with E-state index in [4.69, 9.17) is 5.11 Å². The van der Waals surface area contributed by atoms with Gasteiger partial charge in [0, 0.05) is 38.1 Å². The summed E-state index contributed by atoms with van der Waals surface area (Å²) in [6, 6.07) is -1.20. The average molecular weight is 285 g/mol. The highest BCUT2D eigenvalue weighted by molar-refractivity contribution is 5.83. The van der Waals surface area contributed by atoms with E-state index < -0.39 is 18.1 Å². The van der Waals surface area contributed by atoms with E-state index in [2.05, 4.69) is 18.7 Å². The first kappa shape index (κ1) is 15.1. The maximum absolute atomic E-state index is 12.5. The zero-order chi connectivity index (χ0) is 15.1. The van der Waals surface area contributed by atoms with Gasteiger partial charge >= 0.3 is 12.0 Å². The van der Waals surface area contributed by atoms with Crippen molar-refractivity contribution in [2.75, 3.05) is 33.2 Å². The van der Waals surface area contributed by atoms with Crippen molar-refractivity contribution in [2.24, 2.45) is 0 Å². The summed E-state index contributed by atoms with van der Waals surface area (Å²) in [7, 11) is 2.02. The minimum atomic E-state index is -1.05. The number of hydrogen-bond donors (Lipinski definition) is 2. The third-order valence-electron chi connectivity index (χ3n) is 4.40. The van der Waals surface area contributed by atoms with Crippen LogP contribution < -0.4 is 0 Å². The second-order valence-corrected chi connectivity index (χ2v) is 6.33. The molecule has 0 saturated carbocycles. The van der Waals surface area contributed by atoms with Gasteiger partial charge in [0.1, 0.15) is 6.04 Å². The highest BCUT2D eigenvalue weighted by atomic mass is 16.4. The van der Waals surface area contributed by atoms with Gasteiger partial charge in [-0.15, -0.1) is 0 Å². The molecule has 2 amide bonds. The molecule has 0 spiro atoms. The number of likely N-dealkylation sites (N-methyl/N-ethyl adjacent to an activating group) is 1. The van der Waals surface area contributed by atoms with Crippen LogP contribution in [0.15, 0.2) is 0 Å². The number of aliphatic carboxylic acids is 1. The number of carboxylic acid groups (broad SMARTS) is 1. The molecule has 2 atom stereocenters. The number of carboxylic acids is 1. The van der Waals surface area contributed by atoms with Crippen LogP contribution in [0, 0.1) is 0 Å². The van der Waals surface area contributed by atoms with Gasteiger partial charge in [0.05, 0.1) is 6.10 Å². The maximum Gasteiger partial charge on any atom is 0.326 e. The second kappa shape index (κ2) is 5.21. The van der Waals surface area contributed by atoms with Crippen LogP contribution in [0.25, 0.3) is 0 Å². The Hall–Kier alpha value is -1.34. The van der Waals surface area contributed by atoms with Gasteiger partial charge < -0.3 is 20.0 Å². The number of rotatable bonds is 1. The SMILES string of the molecule is CN1CCN(C(=O)N2CC(O)C[C@H]2C(=O)O)CC1(C)C. The summed E-state index contributed by atoms with van der Waals surface area (Å²) in [6.45, 7) is 6.11. The van der Waals surface area contributed by atoms with Crippen LogP contribution in [0.5, 0.6) is 0 Å². The van der Waals surface area contributed by atoms with Crippen LogP contribution in [0.3, 0.4) is 0 Å². The van der Waals surface area contributed by atoms with Crippen molar-refractivity contribution >= 4 is 12.0 Å². The number of amides is 2. The number of carbonyl (C=O) groups excluding carboxylic acids is 1. The number of hydrogen-bond acceptors (Lipinski definition) is 4. The van der Waals surface area contributed by atoms with Crippen molar-refractivity contribution in [2.45, 2.75) is 38.0 Å². The van der Waals surface area contributed by atoms with Crippen molar-refractivity contribution in [3.05, 3.63) is 0 Å². The number of carbonyl (C=O) groups is 2. The van der Waals surface area contributed by atoms with Crippen LogP contribution in [-0.4, -0.2) is 87.8 Å². The maximum atomic E-state index is 12.5. The van der Waals surface area contributed by atoms with E-state index in [1.54, 1.807) is 4.90 Å². The fraction of sp³-hybridized carbons (Fsp3) is 0.846. The van der Waals surface area contributed by atoms with Gasteiger partial charge in [0.25, 0.3) is 0 Å². The van der Waals surface area contributed by atoms with E-state index in [1.807, 2.05) is 7.05 Å². The van der Waals surface area contributed by atoms with E-state index in [0.29, 0.717) is 13.1 Å². The molecule has 2 aliphatic rings. The number of likely N-dealkylation sites (tertiary alicyclic amines) is 1. The third kappa shape index (κ3) is 2.73. The van der Waals surface area contributed by atoms with Crippen LogP contribution >= 0.6 is 0 Å². The summed E-state index contributed by atoms with van der Waals surface area (Å²) in [5, 5.41) is 18.8. The summed E-state index contributed by atoms with van der Waals surface area (Å²) in [4.78, 5) is 28.9. The molecule has 1 unspecified atom stereocenters. The summed E-state index contributed by atoms with van der Waals surface area (Å²) in [6.07, 6.45) is -0.640. The van der Waals surface area contributed by atoms with Crippen LogP contribution in [0.2, 0.25) is 0 Å². The molecule has 7 nitrogen and oxygen atoms in total. The molecule has 2 fully saturated rings. The van der Waals surface area contributed by atoms with Crippen LogP contribution in [0.1, 0.15) is 20.3 Å². The van der Waals surface area contributed by atoms with Gasteiger partial charge in [-0.05, 0) is 20.9 Å². The van der Waals surface area contributed by atoms with Crippen molar-refractivity contribution in [3.8, 4) is 0 Å². The molecule has 0 bridgehead atoms. The molecule has 20 heavy (non-hydrogen) atoms. The first-order valence-electron chi connectivity index (χ1n) is 6.90. The third-order valence-corrected chi connectivity index (χ3v) is 4.40. The van der Waals surface area contributed by atoms with Crippen molar-refractivity contribution in [1.82, 2.24) is 14.7 Å².